The molecule has 0 bridgehead atoms. The predicted octanol–water partition coefficient (Wildman–Crippen LogP) is 1.39. The van der Waals surface area contributed by atoms with Crippen LogP contribution in [-0.4, -0.2) is 52.6 Å². The van der Waals surface area contributed by atoms with Crippen molar-refractivity contribution in [3.05, 3.63) is 34.9 Å². The highest BCUT2D eigenvalue weighted by molar-refractivity contribution is 6.05. The van der Waals surface area contributed by atoms with Gasteiger partial charge in [-0.1, -0.05) is 12.1 Å². The Morgan fingerprint density at radius 3 is 2.64 bits per heavy atom. The minimum atomic E-state index is -0.611. The molecule has 0 saturated carbocycles. The first-order valence-corrected chi connectivity index (χ1v) is 10.1. The summed E-state index contributed by atoms with van der Waals surface area (Å²) in [6.07, 6.45) is 4.96. The molecule has 7 heteroatoms. The largest absolute Gasteiger partial charge is 0.343 e. The Kier molecular flexibility index (Phi) is 5.15. The molecule has 0 radical (unpaired) electrons. The molecule has 3 aliphatic heterocycles. The van der Waals surface area contributed by atoms with E-state index in [1.807, 2.05) is 17.0 Å². The van der Waals surface area contributed by atoms with E-state index in [0.29, 0.717) is 31.4 Å². The van der Waals surface area contributed by atoms with Gasteiger partial charge in [0.15, 0.2) is 0 Å². The Morgan fingerprint density at radius 1 is 1.11 bits per heavy atom. The maximum Gasteiger partial charge on any atom is 0.255 e. The first kappa shape index (κ1) is 18.7. The predicted molar refractivity (Wildman–Crippen MR) is 101 cm³/mol. The summed E-state index contributed by atoms with van der Waals surface area (Å²) in [5.74, 6) is -0.695. The van der Waals surface area contributed by atoms with Gasteiger partial charge in [-0.2, -0.15) is 0 Å². The molecule has 1 aromatic carbocycles. The molecule has 1 aromatic rings. The summed E-state index contributed by atoms with van der Waals surface area (Å²) in [4.78, 5) is 52.4. The van der Waals surface area contributed by atoms with E-state index in [9.17, 15) is 19.2 Å². The third-order valence-electron chi connectivity index (χ3n) is 6.00. The second kappa shape index (κ2) is 7.73. The summed E-state index contributed by atoms with van der Waals surface area (Å²) < 4.78 is 0. The Morgan fingerprint density at radius 2 is 1.89 bits per heavy atom. The van der Waals surface area contributed by atoms with Crippen LogP contribution in [0.1, 0.15) is 60.0 Å². The van der Waals surface area contributed by atoms with Gasteiger partial charge in [0.2, 0.25) is 17.7 Å². The number of piperidine rings is 2. The summed E-state index contributed by atoms with van der Waals surface area (Å²) in [7, 11) is 0. The maximum absolute atomic E-state index is 12.8. The van der Waals surface area contributed by atoms with E-state index in [-0.39, 0.29) is 24.1 Å². The number of fused-ring (bicyclic) bond motifs is 1. The molecule has 2 saturated heterocycles. The molecule has 4 amide bonds. The number of amides is 4. The van der Waals surface area contributed by atoms with E-state index in [4.69, 9.17) is 0 Å². The highest BCUT2D eigenvalue weighted by atomic mass is 16.2. The number of carbonyl (C=O) groups excluding carboxylic acids is 4. The van der Waals surface area contributed by atoms with Crippen molar-refractivity contribution >= 4 is 23.6 Å². The van der Waals surface area contributed by atoms with Crippen molar-refractivity contribution in [1.29, 1.82) is 0 Å². The number of rotatable bonds is 4. The van der Waals surface area contributed by atoms with Gasteiger partial charge in [-0.3, -0.25) is 24.5 Å². The minimum Gasteiger partial charge on any atom is -0.343 e. The first-order chi connectivity index (χ1) is 13.5. The molecule has 1 atom stereocenters. The molecule has 7 nitrogen and oxygen atoms in total. The van der Waals surface area contributed by atoms with Gasteiger partial charge >= 0.3 is 0 Å². The zero-order chi connectivity index (χ0) is 19.7. The summed E-state index contributed by atoms with van der Waals surface area (Å²) in [5, 5.41) is 2.32. The number of imide groups is 1. The van der Waals surface area contributed by atoms with Crippen molar-refractivity contribution in [3.8, 4) is 0 Å². The third kappa shape index (κ3) is 3.53. The van der Waals surface area contributed by atoms with Crippen LogP contribution in [0.5, 0.6) is 0 Å². The topological polar surface area (TPSA) is 86.8 Å². The van der Waals surface area contributed by atoms with Gasteiger partial charge < -0.3 is 9.80 Å². The molecular weight excluding hydrogens is 358 g/mol. The SMILES string of the molecule is O=C1CCC(N2Cc3c(CCC(=O)N4CCCCC4)cccc3C2=O)C(=O)N1. The van der Waals surface area contributed by atoms with Crippen LogP contribution in [0, 0.1) is 0 Å². The van der Waals surface area contributed by atoms with Crippen LogP contribution in [-0.2, 0) is 27.3 Å². The van der Waals surface area contributed by atoms with Crippen molar-refractivity contribution in [3.63, 3.8) is 0 Å². The Labute approximate surface area is 164 Å². The van der Waals surface area contributed by atoms with Crippen molar-refractivity contribution in [2.24, 2.45) is 0 Å². The number of likely N-dealkylation sites (tertiary alicyclic amines) is 1. The molecule has 0 aromatic heterocycles. The zero-order valence-corrected chi connectivity index (χ0v) is 15.9. The van der Waals surface area contributed by atoms with Crippen LogP contribution in [0.25, 0.3) is 0 Å². The van der Waals surface area contributed by atoms with Crippen LogP contribution in [0.4, 0.5) is 0 Å². The lowest BCUT2D eigenvalue weighted by Gasteiger charge is -2.29. The zero-order valence-electron chi connectivity index (χ0n) is 15.9. The van der Waals surface area contributed by atoms with Crippen molar-refractivity contribution < 1.29 is 19.2 Å². The first-order valence-electron chi connectivity index (χ1n) is 10.1. The van der Waals surface area contributed by atoms with Crippen LogP contribution in [0.15, 0.2) is 18.2 Å². The van der Waals surface area contributed by atoms with Crippen LogP contribution < -0.4 is 5.32 Å². The highest BCUT2D eigenvalue weighted by Crippen LogP contribution is 2.30. The second-order valence-electron chi connectivity index (χ2n) is 7.78. The highest BCUT2D eigenvalue weighted by Gasteiger charge is 2.39. The van der Waals surface area contributed by atoms with Crippen LogP contribution in [0.2, 0.25) is 0 Å². The number of hydrogen-bond acceptors (Lipinski definition) is 4. The van der Waals surface area contributed by atoms with E-state index in [0.717, 1.165) is 37.1 Å². The molecule has 0 aliphatic carbocycles. The van der Waals surface area contributed by atoms with Gasteiger partial charge in [-0.05, 0) is 49.3 Å². The molecule has 0 spiro atoms. The van der Waals surface area contributed by atoms with Gasteiger partial charge in [-0.25, -0.2) is 0 Å². The van der Waals surface area contributed by atoms with Crippen LogP contribution >= 0.6 is 0 Å². The number of aryl methyl sites for hydroxylation is 1. The van der Waals surface area contributed by atoms with E-state index in [2.05, 4.69) is 5.32 Å². The number of nitrogens with one attached hydrogen (secondary N) is 1. The summed E-state index contributed by atoms with van der Waals surface area (Å²) >= 11 is 0. The lowest BCUT2D eigenvalue weighted by molar-refractivity contribution is -0.137. The molecule has 1 N–H and O–H groups in total. The van der Waals surface area contributed by atoms with Crippen molar-refractivity contribution in [1.82, 2.24) is 15.1 Å². The fraction of sp³-hybridized carbons (Fsp3) is 0.524. The average molecular weight is 383 g/mol. The smallest absolute Gasteiger partial charge is 0.255 e. The molecule has 2 fully saturated rings. The molecular formula is C21H25N3O4. The average Bonchev–Trinajstić information content (AvgIpc) is 3.04. The lowest BCUT2D eigenvalue weighted by atomic mass is 9.99. The van der Waals surface area contributed by atoms with Crippen molar-refractivity contribution in [2.45, 2.75) is 57.5 Å². The van der Waals surface area contributed by atoms with Gasteiger partial charge in [-0.15, -0.1) is 0 Å². The number of benzene rings is 1. The molecule has 3 heterocycles. The fourth-order valence-electron chi connectivity index (χ4n) is 4.43. The quantitative estimate of drug-likeness (QED) is 0.796. The summed E-state index contributed by atoms with van der Waals surface area (Å²) in [6, 6.07) is 4.97. The van der Waals surface area contributed by atoms with E-state index in [1.165, 1.54) is 6.42 Å². The Hall–Kier alpha value is -2.70. The van der Waals surface area contributed by atoms with E-state index < -0.39 is 11.9 Å². The van der Waals surface area contributed by atoms with Gasteiger partial charge in [0, 0.05) is 38.0 Å². The fourth-order valence-corrected chi connectivity index (χ4v) is 4.43. The molecule has 4 rings (SSSR count). The van der Waals surface area contributed by atoms with E-state index in [1.54, 1.807) is 11.0 Å². The molecule has 3 aliphatic rings. The number of nitrogens with zero attached hydrogens (tertiary/aromatic N) is 2. The molecule has 28 heavy (non-hydrogen) atoms. The third-order valence-corrected chi connectivity index (χ3v) is 6.00. The van der Waals surface area contributed by atoms with Gasteiger partial charge in [0.05, 0.1) is 0 Å². The number of hydrogen-bond donors (Lipinski definition) is 1. The number of carbonyl (C=O) groups is 4. The maximum atomic E-state index is 12.8. The normalized spacial score (nSPS) is 22.3. The van der Waals surface area contributed by atoms with Crippen molar-refractivity contribution in [2.75, 3.05) is 13.1 Å². The second-order valence-corrected chi connectivity index (χ2v) is 7.78. The molecule has 148 valence electrons. The monoisotopic (exact) mass is 383 g/mol. The van der Waals surface area contributed by atoms with Gasteiger partial charge in [0.25, 0.3) is 5.91 Å². The summed E-state index contributed by atoms with van der Waals surface area (Å²) in [6.45, 7) is 2.04. The Bertz CT molecular complexity index is 829. The minimum absolute atomic E-state index is 0.170. The summed E-state index contributed by atoms with van der Waals surface area (Å²) in [5.41, 5.74) is 2.50. The van der Waals surface area contributed by atoms with E-state index >= 15 is 0 Å². The van der Waals surface area contributed by atoms with Gasteiger partial charge in [0.1, 0.15) is 6.04 Å². The van der Waals surface area contributed by atoms with Crippen LogP contribution in [0.3, 0.4) is 0 Å². The lowest BCUT2D eigenvalue weighted by Crippen LogP contribution is -2.52. The Balaban J connectivity index is 1.46. The standard InChI is InChI=1S/C21H25N3O4/c25-18-9-8-17(20(27)22-18)24-13-16-14(5-4-6-15(16)21(24)28)7-10-19(26)23-11-2-1-3-12-23/h4-6,17H,1-3,7-13H2,(H,22,25,27). The molecule has 1 unspecified atom stereocenters.